The second-order valence-electron chi connectivity index (χ2n) is 14.8. The van der Waals surface area contributed by atoms with Gasteiger partial charge in [-0.25, -0.2) is 9.36 Å². The Morgan fingerprint density at radius 1 is 0.661 bits per heavy atom. The fourth-order valence-corrected chi connectivity index (χ4v) is 6.64. The van der Waals surface area contributed by atoms with Gasteiger partial charge in [0, 0.05) is 54.1 Å². The molecule has 59 heavy (non-hydrogen) atoms. The van der Waals surface area contributed by atoms with Crippen LogP contribution >= 0.6 is 0 Å². The van der Waals surface area contributed by atoms with E-state index in [0.29, 0.717) is 11.9 Å². The highest BCUT2D eigenvalue weighted by Gasteiger charge is 2.15. The van der Waals surface area contributed by atoms with Crippen LogP contribution in [-0.4, -0.2) is 132 Å². The van der Waals surface area contributed by atoms with Crippen molar-refractivity contribution in [2.24, 2.45) is 14.1 Å². The van der Waals surface area contributed by atoms with Gasteiger partial charge in [0.05, 0.1) is 0 Å². The molecule has 2 fully saturated rings. The molecule has 0 saturated carbocycles. The molecule has 2 unspecified atom stereocenters. The number of carbonyl (C=O) groups is 2. The molecule has 19 heteroatoms. The van der Waals surface area contributed by atoms with Crippen LogP contribution in [-0.2, 0) is 36.8 Å². The average molecular weight is 823 g/mol. The van der Waals surface area contributed by atoms with Crippen LogP contribution in [0.15, 0.2) is 48.5 Å². The molecule has 19 nitrogen and oxygen atoms in total. The van der Waals surface area contributed by atoms with E-state index in [0.717, 1.165) is 50.8 Å². The number of likely N-dealkylation sites (tertiary alicyclic amines) is 2. The number of piperidine rings is 2. The molecule has 2 aromatic heterocycles. The Hall–Kier alpha value is -5.34. The third-order valence-corrected chi connectivity index (χ3v) is 9.48. The van der Waals surface area contributed by atoms with Crippen molar-refractivity contribution in [3.05, 3.63) is 59.7 Å². The SMILES string of the molecule is CC(=O)Nc1nc(NCC(O)COc2cccc(CN3CCCCC3)c2)n(C)n1.CC(=O)Nc1nc(NCC(O)COc2cccc(CN3CCCCC3)c2)n(C)n1.O. The number of nitrogens with one attached hydrogen (secondary N) is 4. The average Bonchev–Trinajstić information content (AvgIpc) is 3.73. The molecule has 0 radical (unpaired) electrons. The van der Waals surface area contributed by atoms with Gasteiger partial charge in [0.15, 0.2) is 0 Å². The lowest BCUT2D eigenvalue weighted by Gasteiger charge is -2.26. The number of aliphatic hydroxyl groups excluding tert-OH is 2. The van der Waals surface area contributed by atoms with E-state index in [1.54, 1.807) is 14.1 Å². The zero-order valence-electron chi connectivity index (χ0n) is 34.7. The molecular formula is C40H62N12O7. The first-order valence-corrected chi connectivity index (χ1v) is 20.1. The zero-order valence-corrected chi connectivity index (χ0v) is 34.7. The van der Waals surface area contributed by atoms with Crippen LogP contribution < -0.4 is 30.7 Å². The van der Waals surface area contributed by atoms with E-state index < -0.39 is 12.2 Å². The second kappa shape index (κ2) is 23.9. The molecule has 0 bridgehead atoms. The summed E-state index contributed by atoms with van der Waals surface area (Å²) in [6, 6.07) is 16.1. The number of anilines is 4. The number of hydrogen-bond acceptors (Lipinski definition) is 14. The van der Waals surface area contributed by atoms with Gasteiger partial charge < -0.3 is 35.8 Å². The quantitative estimate of drug-likeness (QED) is 0.0845. The molecule has 6 rings (SSSR count). The van der Waals surface area contributed by atoms with Crippen LogP contribution in [0.25, 0.3) is 0 Å². The number of amides is 2. The number of benzene rings is 2. The molecule has 4 heterocycles. The van der Waals surface area contributed by atoms with E-state index in [2.05, 4.69) is 63.4 Å². The second-order valence-corrected chi connectivity index (χ2v) is 14.8. The maximum absolute atomic E-state index is 11.1. The Bertz CT molecular complexity index is 1740. The van der Waals surface area contributed by atoms with Gasteiger partial charge in [0.1, 0.15) is 36.9 Å². The summed E-state index contributed by atoms with van der Waals surface area (Å²) in [5, 5.41) is 39.7. The highest BCUT2D eigenvalue weighted by molar-refractivity contribution is 5.87. The summed E-state index contributed by atoms with van der Waals surface area (Å²) in [7, 11) is 3.41. The minimum Gasteiger partial charge on any atom is -0.491 e. The predicted octanol–water partition coefficient (Wildman–Crippen LogP) is 2.40. The topological polar surface area (TPSA) is 241 Å². The number of ether oxygens (including phenoxy) is 2. The number of aryl methyl sites for hydroxylation is 2. The van der Waals surface area contributed by atoms with Gasteiger partial charge in [-0.2, -0.15) is 9.97 Å². The Kier molecular flexibility index (Phi) is 18.8. The highest BCUT2D eigenvalue weighted by atomic mass is 16.5. The summed E-state index contributed by atoms with van der Waals surface area (Å²) in [5.74, 6) is 2.39. The number of rotatable bonds is 18. The third kappa shape index (κ3) is 16.4. The first-order valence-electron chi connectivity index (χ1n) is 20.1. The molecule has 0 spiro atoms. The van der Waals surface area contributed by atoms with Crippen molar-refractivity contribution in [3.63, 3.8) is 0 Å². The van der Waals surface area contributed by atoms with Gasteiger partial charge in [-0.1, -0.05) is 37.1 Å². The lowest BCUT2D eigenvalue weighted by molar-refractivity contribution is -0.115. The Morgan fingerprint density at radius 3 is 1.42 bits per heavy atom. The molecule has 8 N–H and O–H groups in total. The Balaban J connectivity index is 0.000000256. The van der Waals surface area contributed by atoms with Gasteiger partial charge in [-0.3, -0.25) is 30.0 Å². The summed E-state index contributed by atoms with van der Waals surface area (Å²) >= 11 is 0. The molecule has 2 amide bonds. The van der Waals surface area contributed by atoms with Crippen LogP contribution in [0.2, 0.25) is 0 Å². The van der Waals surface area contributed by atoms with E-state index >= 15 is 0 Å². The normalized spacial score (nSPS) is 15.4. The molecule has 0 aliphatic carbocycles. The molecule has 324 valence electrons. The van der Waals surface area contributed by atoms with Crippen molar-refractivity contribution >= 4 is 35.6 Å². The van der Waals surface area contributed by atoms with Crippen molar-refractivity contribution < 1.29 is 34.8 Å². The van der Waals surface area contributed by atoms with Crippen molar-refractivity contribution in [3.8, 4) is 11.5 Å². The molecular weight excluding hydrogens is 761 g/mol. The monoisotopic (exact) mass is 822 g/mol. The molecule has 4 aromatic rings. The van der Waals surface area contributed by atoms with Crippen molar-refractivity contribution in [2.75, 3.05) is 73.7 Å². The van der Waals surface area contributed by atoms with Crippen LogP contribution in [0.3, 0.4) is 0 Å². The van der Waals surface area contributed by atoms with Crippen LogP contribution in [0.5, 0.6) is 11.5 Å². The van der Waals surface area contributed by atoms with Gasteiger partial charge in [0.25, 0.3) is 11.9 Å². The minimum atomic E-state index is -0.721. The molecule has 2 aromatic carbocycles. The van der Waals surface area contributed by atoms with Crippen molar-refractivity contribution in [2.45, 2.75) is 77.7 Å². The summed E-state index contributed by atoms with van der Waals surface area (Å²) in [6.07, 6.45) is 6.30. The number of aliphatic hydroxyl groups is 2. The first kappa shape index (κ1) is 46.4. The van der Waals surface area contributed by atoms with Crippen LogP contribution in [0.4, 0.5) is 23.8 Å². The van der Waals surface area contributed by atoms with Crippen molar-refractivity contribution in [1.82, 2.24) is 39.3 Å². The Labute approximate surface area is 345 Å². The third-order valence-electron chi connectivity index (χ3n) is 9.48. The lowest BCUT2D eigenvalue weighted by atomic mass is 10.1. The van der Waals surface area contributed by atoms with E-state index in [4.69, 9.17) is 9.47 Å². The number of nitrogens with zero attached hydrogens (tertiary/aromatic N) is 8. The minimum absolute atomic E-state index is 0. The summed E-state index contributed by atoms with van der Waals surface area (Å²) < 4.78 is 14.5. The fraction of sp³-hybridized carbons (Fsp3) is 0.550. The number of hydrogen-bond donors (Lipinski definition) is 6. The van der Waals surface area contributed by atoms with Crippen molar-refractivity contribution in [1.29, 1.82) is 0 Å². The fourth-order valence-electron chi connectivity index (χ4n) is 6.64. The Morgan fingerprint density at radius 2 is 1.05 bits per heavy atom. The predicted molar refractivity (Wildman–Crippen MR) is 225 cm³/mol. The maximum Gasteiger partial charge on any atom is 0.250 e. The van der Waals surface area contributed by atoms with Crippen LogP contribution in [0.1, 0.15) is 63.5 Å². The number of carbonyl (C=O) groups excluding carboxylic acids is 2. The van der Waals surface area contributed by atoms with Gasteiger partial charge in [-0.15, -0.1) is 10.2 Å². The molecule has 2 saturated heterocycles. The van der Waals surface area contributed by atoms with E-state index in [-0.39, 0.29) is 55.5 Å². The standard InChI is InChI=1S/2C20H30N6O3.H2O/c2*1-15(27)22-19-23-20(25(2)24-19)21-12-17(28)14-29-18-8-6-7-16(11-18)13-26-9-4-3-5-10-26;/h2*6-8,11,17,28H,3-5,9-10,12-14H2,1-2H3,(H2,21,22,23,24,27);1H2. The van der Waals surface area contributed by atoms with Gasteiger partial charge in [-0.05, 0) is 87.3 Å². The summed E-state index contributed by atoms with van der Waals surface area (Å²) in [4.78, 5) is 35.4. The van der Waals surface area contributed by atoms with E-state index in [1.165, 1.54) is 72.9 Å². The lowest BCUT2D eigenvalue weighted by Crippen LogP contribution is -2.29. The summed E-state index contributed by atoms with van der Waals surface area (Å²) in [5.41, 5.74) is 2.45. The summed E-state index contributed by atoms with van der Waals surface area (Å²) in [6.45, 7) is 10.1. The largest absolute Gasteiger partial charge is 0.491 e. The van der Waals surface area contributed by atoms with Crippen LogP contribution in [0, 0.1) is 0 Å². The van der Waals surface area contributed by atoms with Gasteiger partial charge >= 0.3 is 0 Å². The zero-order chi connectivity index (χ0) is 41.3. The molecule has 2 atom stereocenters. The maximum atomic E-state index is 11.1. The van der Waals surface area contributed by atoms with E-state index in [9.17, 15) is 19.8 Å². The smallest absolute Gasteiger partial charge is 0.250 e. The molecule has 2 aliphatic heterocycles. The number of aromatic nitrogens is 6. The highest BCUT2D eigenvalue weighted by Crippen LogP contribution is 2.20. The van der Waals surface area contributed by atoms with E-state index in [1.807, 2.05) is 36.4 Å². The van der Waals surface area contributed by atoms with Gasteiger partial charge in [0.2, 0.25) is 23.7 Å². The first-order chi connectivity index (χ1) is 28.0. The molecule has 2 aliphatic rings.